The van der Waals surface area contributed by atoms with Crippen molar-refractivity contribution in [3.8, 4) is 5.75 Å². The molecule has 24 heavy (non-hydrogen) atoms. The summed E-state index contributed by atoms with van der Waals surface area (Å²) in [5.74, 6) is -0.115. The van der Waals surface area contributed by atoms with Gasteiger partial charge in [-0.05, 0) is 37.6 Å². The molecule has 1 N–H and O–H groups in total. The van der Waals surface area contributed by atoms with Crippen LogP contribution in [0.15, 0.2) is 48.5 Å². The lowest BCUT2D eigenvalue weighted by atomic mass is 10.1. The van der Waals surface area contributed by atoms with Crippen LogP contribution in [0.3, 0.4) is 0 Å². The number of amides is 1. The van der Waals surface area contributed by atoms with E-state index in [0.717, 1.165) is 5.56 Å². The highest BCUT2D eigenvalue weighted by Gasteiger charge is 2.13. The normalized spacial score (nSPS) is 10.1. The number of carbonyl (C=O) groups excluding carboxylic acids is 2. The van der Waals surface area contributed by atoms with Crippen molar-refractivity contribution >= 4 is 17.6 Å². The molecule has 2 aromatic rings. The van der Waals surface area contributed by atoms with Gasteiger partial charge in [-0.1, -0.05) is 30.3 Å². The predicted molar refractivity (Wildman–Crippen MR) is 92.3 cm³/mol. The molecule has 5 heteroatoms. The number of nitrogens with one attached hydrogen (secondary N) is 1. The summed E-state index contributed by atoms with van der Waals surface area (Å²) in [5.41, 5.74) is 1.85. The minimum atomic E-state index is -0.416. The van der Waals surface area contributed by atoms with Crippen LogP contribution in [0, 0.1) is 0 Å². The van der Waals surface area contributed by atoms with Crippen molar-refractivity contribution in [2.75, 3.05) is 18.5 Å². The molecule has 2 rings (SSSR count). The second-order valence-electron chi connectivity index (χ2n) is 5.07. The highest BCUT2D eigenvalue weighted by molar-refractivity contribution is 5.95. The van der Waals surface area contributed by atoms with E-state index in [2.05, 4.69) is 5.32 Å². The number of carbonyl (C=O) groups is 2. The van der Waals surface area contributed by atoms with Crippen LogP contribution >= 0.6 is 0 Å². The molecule has 1 amide bonds. The number of benzene rings is 2. The van der Waals surface area contributed by atoms with Gasteiger partial charge in [0, 0.05) is 0 Å². The Kier molecular flexibility index (Phi) is 6.37. The van der Waals surface area contributed by atoms with Crippen molar-refractivity contribution in [3.05, 3.63) is 59.7 Å². The number of hydrogen-bond acceptors (Lipinski definition) is 4. The molecular weight excluding hydrogens is 306 g/mol. The number of esters is 1. The van der Waals surface area contributed by atoms with E-state index in [9.17, 15) is 9.59 Å². The monoisotopic (exact) mass is 327 g/mol. The van der Waals surface area contributed by atoms with Crippen LogP contribution in [-0.4, -0.2) is 25.1 Å². The summed E-state index contributed by atoms with van der Waals surface area (Å²) in [6.07, 6.45) is 0.270. The average molecular weight is 327 g/mol. The zero-order valence-electron chi connectivity index (χ0n) is 13.9. The van der Waals surface area contributed by atoms with Crippen LogP contribution in [0.4, 0.5) is 5.69 Å². The predicted octanol–water partition coefficient (Wildman–Crippen LogP) is 3.44. The molecule has 2 aromatic carbocycles. The number of hydrogen-bond donors (Lipinski definition) is 1. The SMILES string of the molecule is CCOC(=O)c1ccc(NC(=O)Cc2ccccc2)c(OCC)c1. The van der Waals surface area contributed by atoms with Crippen molar-refractivity contribution in [2.45, 2.75) is 20.3 Å². The Morgan fingerprint density at radius 3 is 2.42 bits per heavy atom. The van der Waals surface area contributed by atoms with Crippen LogP contribution in [0.2, 0.25) is 0 Å². The van der Waals surface area contributed by atoms with Gasteiger partial charge in [-0.25, -0.2) is 4.79 Å². The largest absolute Gasteiger partial charge is 0.492 e. The van der Waals surface area contributed by atoms with Crippen molar-refractivity contribution in [2.24, 2.45) is 0 Å². The fraction of sp³-hybridized carbons (Fsp3) is 0.263. The maximum atomic E-state index is 12.2. The molecule has 5 nitrogen and oxygen atoms in total. The summed E-state index contributed by atoms with van der Waals surface area (Å²) in [4.78, 5) is 24.0. The topological polar surface area (TPSA) is 64.6 Å². The Hall–Kier alpha value is -2.82. The van der Waals surface area contributed by atoms with E-state index in [1.807, 2.05) is 37.3 Å². The van der Waals surface area contributed by atoms with Crippen LogP contribution in [0.1, 0.15) is 29.8 Å². The first kappa shape index (κ1) is 17.5. The first-order chi connectivity index (χ1) is 11.6. The third-order valence-corrected chi connectivity index (χ3v) is 3.27. The van der Waals surface area contributed by atoms with E-state index in [1.165, 1.54) is 0 Å². The number of rotatable bonds is 7. The molecule has 0 atom stereocenters. The molecule has 0 aliphatic carbocycles. The Labute approximate surface area is 141 Å². The first-order valence-electron chi connectivity index (χ1n) is 7.91. The third-order valence-electron chi connectivity index (χ3n) is 3.27. The van der Waals surface area contributed by atoms with Gasteiger partial charge in [0.15, 0.2) is 0 Å². The molecule has 0 spiro atoms. The molecule has 0 unspecified atom stereocenters. The Morgan fingerprint density at radius 2 is 1.75 bits per heavy atom. The molecular formula is C19H21NO4. The van der Waals surface area contributed by atoms with Crippen molar-refractivity contribution in [3.63, 3.8) is 0 Å². The summed E-state index contributed by atoms with van der Waals surface area (Å²) < 4.78 is 10.5. The standard InChI is InChI=1S/C19H21NO4/c1-3-23-17-13-15(19(22)24-4-2)10-11-16(17)20-18(21)12-14-8-6-5-7-9-14/h5-11,13H,3-4,12H2,1-2H3,(H,20,21). The third kappa shape index (κ3) is 4.84. The first-order valence-corrected chi connectivity index (χ1v) is 7.91. The minimum absolute atomic E-state index is 0.147. The van der Waals surface area contributed by atoms with Gasteiger partial charge in [0.1, 0.15) is 5.75 Å². The molecule has 0 saturated heterocycles. The van der Waals surface area contributed by atoms with Crippen LogP contribution in [0.25, 0.3) is 0 Å². The lowest BCUT2D eigenvalue weighted by Crippen LogP contribution is -2.15. The van der Waals surface area contributed by atoms with Crippen LogP contribution in [-0.2, 0) is 16.0 Å². The minimum Gasteiger partial charge on any atom is -0.492 e. The van der Waals surface area contributed by atoms with Crippen molar-refractivity contribution in [1.82, 2.24) is 0 Å². The average Bonchev–Trinajstić information content (AvgIpc) is 2.57. The number of anilines is 1. The summed E-state index contributed by atoms with van der Waals surface area (Å²) in [7, 11) is 0. The van der Waals surface area contributed by atoms with Gasteiger partial charge in [-0.15, -0.1) is 0 Å². The molecule has 126 valence electrons. The van der Waals surface area contributed by atoms with E-state index in [0.29, 0.717) is 30.2 Å². The van der Waals surface area contributed by atoms with Crippen molar-refractivity contribution < 1.29 is 19.1 Å². The fourth-order valence-corrected chi connectivity index (χ4v) is 2.22. The van der Waals surface area contributed by atoms with E-state index >= 15 is 0 Å². The summed E-state index contributed by atoms with van der Waals surface area (Å²) in [6.45, 7) is 4.32. The lowest BCUT2D eigenvalue weighted by Gasteiger charge is -2.13. The smallest absolute Gasteiger partial charge is 0.338 e. The molecule has 0 bridgehead atoms. The Bertz CT molecular complexity index is 698. The van der Waals surface area contributed by atoms with Gasteiger partial charge in [0.05, 0.1) is 30.9 Å². The second kappa shape index (κ2) is 8.72. The van der Waals surface area contributed by atoms with Gasteiger partial charge in [0.2, 0.25) is 5.91 Å². The van der Waals surface area contributed by atoms with Gasteiger partial charge in [0.25, 0.3) is 0 Å². The van der Waals surface area contributed by atoms with Gasteiger partial charge < -0.3 is 14.8 Å². The van der Waals surface area contributed by atoms with Crippen LogP contribution in [0.5, 0.6) is 5.75 Å². The highest BCUT2D eigenvalue weighted by Crippen LogP contribution is 2.26. The maximum Gasteiger partial charge on any atom is 0.338 e. The van der Waals surface area contributed by atoms with Crippen LogP contribution < -0.4 is 10.1 Å². The van der Waals surface area contributed by atoms with E-state index in [1.54, 1.807) is 25.1 Å². The molecule has 0 fully saturated rings. The van der Waals surface area contributed by atoms with E-state index in [4.69, 9.17) is 9.47 Å². The molecule has 0 saturated carbocycles. The zero-order chi connectivity index (χ0) is 17.4. The molecule has 0 radical (unpaired) electrons. The van der Waals surface area contributed by atoms with Gasteiger partial charge >= 0.3 is 5.97 Å². The van der Waals surface area contributed by atoms with E-state index < -0.39 is 5.97 Å². The maximum absolute atomic E-state index is 12.2. The Morgan fingerprint density at radius 1 is 1.00 bits per heavy atom. The van der Waals surface area contributed by atoms with Crippen molar-refractivity contribution in [1.29, 1.82) is 0 Å². The highest BCUT2D eigenvalue weighted by atomic mass is 16.5. The molecule has 0 aliphatic heterocycles. The Balaban J connectivity index is 2.13. The van der Waals surface area contributed by atoms with E-state index in [-0.39, 0.29) is 12.3 Å². The fourth-order valence-electron chi connectivity index (χ4n) is 2.22. The summed E-state index contributed by atoms with van der Waals surface area (Å²) in [5, 5.41) is 2.83. The lowest BCUT2D eigenvalue weighted by molar-refractivity contribution is -0.115. The van der Waals surface area contributed by atoms with Gasteiger partial charge in [-0.2, -0.15) is 0 Å². The molecule has 0 heterocycles. The molecule has 0 aromatic heterocycles. The quantitative estimate of drug-likeness (QED) is 0.791. The molecule has 0 aliphatic rings. The summed E-state index contributed by atoms with van der Waals surface area (Å²) in [6, 6.07) is 14.3. The second-order valence-corrected chi connectivity index (χ2v) is 5.07. The van der Waals surface area contributed by atoms with Gasteiger partial charge in [-0.3, -0.25) is 4.79 Å². The zero-order valence-corrected chi connectivity index (χ0v) is 13.9. The number of ether oxygens (including phenoxy) is 2. The summed E-state index contributed by atoms with van der Waals surface area (Å²) >= 11 is 0.